The van der Waals surface area contributed by atoms with Crippen LogP contribution in [0.15, 0.2) is 11.1 Å². The van der Waals surface area contributed by atoms with Crippen molar-refractivity contribution < 1.29 is 23.8 Å². The highest BCUT2D eigenvalue weighted by molar-refractivity contribution is 5.90. The lowest BCUT2D eigenvalue weighted by Gasteiger charge is -2.64. The van der Waals surface area contributed by atoms with E-state index in [9.17, 15) is 9.59 Å². The summed E-state index contributed by atoms with van der Waals surface area (Å²) in [5, 5.41) is 0. The zero-order chi connectivity index (χ0) is 16.2. The Balaban J connectivity index is 1.58. The molecule has 0 aromatic rings. The summed E-state index contributed by atoms with van der Waals surface area (Å²) in [7, 11) is 0. The molecule has 6 bridgehead atoms. The Hall–Kier alpha value is -1.20. The van der Waals surface area contributed by atoms with Gasteiger partial charge in [-0.3, -0.25) is 9.59 Å². The molecule has 0 aromatic heterocycles. The first kappa shape index (κ1) is 13.1. The van der Waals surface area contributed by atoms with E-state index in [0.29, 0.717) is 6.42 Å². The molecule has 2 spiro atoms. The maximum absolute atomic E-state index is 13.0. The van der Waals surface area contributed by atoms with Gasteiger partial charge in [-0.05, 0) is 36.8 Å². The van der Waals surface area contributed by atoms with Crippen molar-refractivity contribution in [3.05, 3.63) is 11.1 Å². The summed E-state index contributed by atoms with van der Waals surface area (Å²) in [5.41, 5.74) is 1.37. The number of Topliss-reactive ketones (excluding diaryl/α,β-unsaturated/α-hetero) is 1. The fourth-order valence-corrected chi connectivity index (χ4v) is 8.11. The van der Waals surface area contributed by atoms with Crippen molar-refractivity contribution in [2.24, 2.45) is 29.1 Å². The molecule has 3 saturated carbocycles. The lowest BCUT2D eigenvalue weighted by atomic mass is 9.45. The Labute approximate surface area is 139 Å². The van der Waals surface area contributed by atoms with E-state index >= 15 is 0 Å². The molecule has 8 rings (SSSR count). The van der Waals surface area contributed by atoms with Crippen LogP contribution in [0.3, 0.4) is 0 Å². The zero-order valence-corrected chi connectivity index (χ0v) is 13.8. The molecule has 10 atom stereocenters. The number of esters is 1. The SMILES string of the molecule is CC1=C2[C@@H]3O[C@H]4[C@@H]5OC(=O)[C@]6(CC[C@H]7CC(=O)[C@H]1O[C@]27[C@@H]6[C@@H]53)[C@@H]4C. The zero-order valence-electron chi connectivity index (χ0n) is 13.8. The average Bonchev–Trinajstić information content (AvgIpc) is 3.10. The van der Waals surface area contributed by atoms with Crippen LogP contribution in [-0.2, 0) is 23.8 Å². The number of hydrogen-bond donors (Lipinski definition) is 0. The van der Waals surface area contributed by atoms with E-state index in [-0.39, 0.29) is 53.7 Å². The van der Waals surface area contributed by atoms with Crippen LogP contribution in [0.1, 0.15) is 33.1 Å². The van der Waals surface area contributed by atoms with Gasteiger partial charge in [0.25, 0.3) is 0 Å². The van der Waals surface area contributed by atoms with Gasteiger partial charge in [0.05, 0.1) is 17.6 Å². The Morgan fingerprint density at radius 1 is 1.21 bits per heavy atom. The number of ketones is 1. The normalized spacial score (nSPS) is 64.1. The molecule has 7 fully saturated rings. The fraction of sp³-hybridized carbons (Fsp3) is 0.789. The van der Waals surface area contributed by atoms with E-state index in [1.54, 1.807) is 0 Å². The van der Waals surface area contributed by atoms with Crippen LogP contribution in [0.4, 0.5) is 0 Å². The number of fused-ring (bicyclic) bond motifs is 3. The van der Waals surface area contributed by atoms with Gasteiger partial charge in [-0.2, -0.15) is 0 Å². The molecule has 3 aliphatic carbocycles. The molecule has 5 heterocycles. The predicted octanol–water partition coefficient (Wildman–Crippen LogP) is 1.40. The van der Waals surface area contributed by atoms with Crippen LogP contribution in [0.25, 0.3) is 0 Å². The highest BCUT2D eigenvalue weighted by Crippen LogP contribution is 2.77. The third kappa shape index (κ3) is 0.927. The number of rotatable bonds is 0. The summed E-state index contributed by atoms with van der Waals surface area (Å²) < 4.78 is 19.0. The van der Waals surface area contributed by atoms with Gasteiger partial charge in [-0.15, -0.1) is 0 Å². The van der Waals surface area contributed by atoms with Gasteiger partial charge in [-0.25, -0.2) is 0 Å². The molecule has 0 amide bonds. The highest BCUT2D eigenvalue weighted by Gasteiger charge is 2.85. The first-order valence-corrected chi connectivity index (χ1v) is 9.30. The van der Waals surface area contributed by atoms with E-state index in [1.807, 2.05) is 6.92 Å². The fourth-order valence-electron chi connectivity index (χ4n) is 8.11. The van der Waals surface area contributed by atoms with E-state index in [2.05, 4.69) is 6.92 Å². The van der Waals surface area contributed by atoms with Crippen LogP contribution in [0, 0.1) is 29.1 Å². The summed E-state index contributed by atoms with van der Waals surface area (Å²) in [6, 6.07) is 0. The van der Waals surface area contributed by atoms with Crippen LogP contribution >= 0.6 is 0 Å². The molecular formula is C19H20O5. The largest absolute Gasteiger partial charge is 0.459 e. The summed E-state index contributed by atoms with van der Waals surface area (Å²) in [5.74, 6) is 0.926. The summed E-state index contributed by atoms with van der Waals surface area (Å²) in [4.78, 5) is 25.6. The third-order valence-electron chi connectivity index (χ3n) is 8.78. The second kappa shape index (κ2) is 3.38. The second-order valence-corrected chi connectivity index (χ2v) is 9.07. The first-order chi connectivity index (χ1) is 11.5. The van der Waals surface area contributed by atoms with Crippen molar-refractivity contribution in [3.8, 4) is 0 Å². The molecule has 0 N–H and O–H groups in total. The lowest BCUT2D eigenvalue weighted by Crippen LogP contribution is -2.72. The predicted molar refractivity (Wildman–Crippen MR) is 79.8 cm³/mol. The lowest BCUT2D eigenvalue weighted by molar-refractivity contribution is -0.271. The minimum absolute atomic E-state index is 0.0132. The smallest absolute Gasteiger partial charge is 0.313 e. The second-order valence-electron chi connectivity index (χ2n) is 9.07. The van der Waals surface area contributed by atoms with Crippen molar-refractivity contribution >= 4 is 11.8 Å². The van der Waals surface area contributed by atoms with Gasteiger partial charge in [0.2, 0.25) is 0 Å². The first-order valence-electron chi connectivity index (χ1n) is 9.30. The van der Waals surface area contributed by atoms with Crippen LogP contribution in [-0.4, -0.2) is 41.8 Å². The number of carbonyl (C=O) groups excluding carboxylic acids is 2. The Kier molecular flexibility index (Phi) is 1.84. The number of hydrogen-bond acceptors (Lipinski definition) is 5. The summed E-state index contributed by atoms with van der Waals surface area (Å²) in [6.07, 6.45) is 1.76. The van der Waals surface area contributed by atoms with Crippen molar-refractivity contribution in [1.82, 2.24) is 0 Å². The molecule has 5 heteroatoms. The van der Waals surface area contributed by atoms with Gasteiger partial charge in [0.15, 0.2) is 5.78 Å². The molecule has 126 valence electrons. The standard InChI is InChI=1S/C19H20O5/c1-6-11-14-10-15-13(22-14)7(2)18(17(21)23-15)4-3-8-5-9(20)12(6)24-19(8,11)16(10)18/h7-8,10,12-16H,3-5H2,1-2H3/t7-,8+,10-,12+,13-,14-,15-,16-,18-,19+/m1/s1. The van der Waals surface area contributed by atoms with Gasteiger partial charge < -0.3 is 14.2 Å². The number of ether oxygens (including phenoxy) is 3. The van der Waals surface area contributed by atoms with Crippen LogP contribution in [0.5, 0.6) is 0 Å². The van der Waals surface area contributed by atoms with Crippen molar-refractivity contribution in [2.75, 3.05) is 0 Å². The Bertz CT molecular complexity index is 785. The molecular weight excluding hydrogens is 308 g/mol. The summed E-state index contributed by atoms with van der Waals surface area (Å²) >= 11 is 0. The van der Waals surface area contributed by atoms with E-state index in [1.165, 1.54) is 5.57 Å². The van der Waals surface area contributed by atoms with Crippen molar-refractivity contribution in [3.63, 3.8) is 0 Å². The Morgan fingerprint density at radius 3 is 2.88 bits per heavy atom. The number of carbonyl (C=O) groups is 2. The monoisotopic (exact) mass is 328 g/mol. The molecule has 0 aromatic carbocycles. The van der Waals surface area contributed by atoms with E-state index in [4.69, 9.17) is 14.2 Å². The van der Waals surface area contributed by atoms with Gasteiger partial charge in [-0.1, -0.05) is 6.92 Å². The maximum Gasteiger partial charge on any atom is 0.313 e. The molecule has 5 aliphatic heterocycles. The third-order valence-corrected chi connectivity index (χ3v) is 8.78. The van der Waals surface area contributed by atoms with Gasteiger partial charge in [0.1, 0.15) is 17.8 Å². The average molecular weight is 328 g/mol. The van der Waals surface area contributed by atoms with Crippen molar-refractivity contribution in [2.45, 2.75) is 63.1 Å². The molecule has 0 unspecified atom stereocenters. The van der Waals surface area contributed by atoms with Crippen LogP contribution in [0.2, 0.25) is 0 Å². The minimum Gasteiger partial charge on any atom is -0.459 e. The minimum atomic E-state index is -0.480. The summed E-state index contributed by atoms with van der Waals surface area (Å²) in [6.45, 7) is 4.21. The molecule has 5 nitrogen and oxygen atoms in total. The van der Waals surface area contributed by atoms with Gasteiger partial charge in [0, 0.05) is 24.2 Å². The highest BCUT2D eigenvalue weighted by atomic mass is 16.6. The quantitative estimate of drug-likeness (QED) is 0.497. The van der Waals surface area contributed by atoms with Crippen LogP contribution < -0.4 is 0 Å². The van der Waals surface area contributed by atoms with Gasteiger partial charge >= 0.3 is 5.97 Å². The molecule has 4 saturated heterocycles. The molecule has 8 aliphatic rings. The van der Waals surface area contributed by atoms with Crippen molar-refractivity contribution in [1.29, 1.82) is 0 Å². The topological polar surface area (TPSA) is 61.8 Å². The molecule has 0 radical (unpaired) electrons. The molecule has 24 heavy (non-hydrogen) atoms. The van der Waals surface area contributed by atoms with E-state index < -0.39 is 17.1 Å². The Morgan fingerprint density at radius 2 is 2.04 bits per heavy atom. The maximum atomic E-state index is 13.0. The van der Waals surface area contributed by atoms with E-state index in [0.717, 1.165) is 18.4 Å².